The minimum Gasteiger partial charge on any atom is -0.443 e. The number of guanidine groups is 1. The number of aliphatic imine (C=N–C) groups is 1. The average Bonchev–Trinajstić information content (AvgIpc) is 3.15. The van der Waals surface area contributed by atoms with Crippen LogP contribution in [0.2, 0.25) is 0 Å². The molecular formula is C16H26N6O2. The van der Waals surface area contributed by atoms with Crippen LogP contribution in [-0.4, -0.2) is 34.7 Å². The van der Waals surface area contributed by atoms with Crippen molar-refractivity contribution in [2.75, 3.05) is 13.6 Å². The number of hydrogen-bond donors (Lipinski definition) is 2. The van der Waals surface area contributed by atoms with Gasteiger partial charge in [-0.05, 0) is 13.3 Å². The first-order valence-corrected chi connectivity index (χ1v) is 8.07. The van der Waals surface area contributed by atoms with Crippen LogP contribution in [-0.2, 0) is 18.4 Å². The number of aromatic nitrogens is 3. The van der Waals surface area contributed by atoms with Gasteiger partial charge in [0.1, 0.15) is 5.76 Å². The van der Waals surface area contributed by atoms with E-state index in [9.17, 15) is 0 Å². The first kappa shape index (κ1) is 18.0. The Hall–Kier alpha value is -2.38. The van der Waals surface area contributed by atoms with Crippen LogP contribution in [0.25, 0.3) is 0 Å². The Labute approximate surface area is 142 Å². The summed E-state index contributed by atoms with van der Waals surface area (Å²) >= 11 is 0. The van der Waals surface area contributed by atoms with E-state index in [0.717, 1.165) is 25.1 Å². The molecule has 0 saturated heterocycles. The maximum absolute atomic E-state index is 5.74. The topological polar surface area (TPSA) is 101 Å². The standard InChI is InChI=1S/C16H26N6O2/c1-11-21-13(24-22-11)7-6-8-18-15(17-5)20-10-14-19-9-12(23-14)16(2,3)4/h9H,6-8,10H2,1-5H3,(H2,17,18,20). The van der Waals surface area contributed by atoms with Crippen molar-refractivity contribution < 1.29 is 8.94 Å². The lowest BCUT2D eigenvalue weighted by atomic mass is 9.94. The van der Waals surface area contributed by atoms with Gasteiger partial charge in [-0.25, -0.2) is 4.98 Å². The number of nitrogens with one attached hydrogen (secondary N) is 2. The van der Waals surface area contributed by atoms with Crippen LogP contribution in [0.3, 0.4) is 0 Å². The Balaban J connectivity index is 1.71. The molecule has 0 spiro atoms. The van der Waals surface area contributed by atoms with E-state index >= 15 is 0 Å². The highest BCUT2D eigenvalue weighted by molar-refractivity contribution is 5.79. The molecular weight excluding hydrogens is 308 g/mol. The average molecular weight is 334 g/mol. The van der Waals surface area contributed by atoms with Gasteiger partial charge in [0.15, 0.2) is 11.8 Å². The molecule has 0 amide bonds. The van der Waals surface area contributed by atoms with Crippen molar-refractivity contribution in [3.63, 3.8) is 0 Å². The molecule has 0 fully saturated rings. The van der Waals surface area contributed by atoms with Crippen LogP contribution in [0, 0.1) is 6.92 Å². The second-order valence-corrected chi connectivity index (χ2v) is 6.56. The van der Waals surface area contributed by atoms with Gasteiger partial charge in [-0.15, -0.1) is 0 Å². The number of rotatable bonds is 6. The zero-order chi connectivity index (χ0) is 17.6. The predicted octanol–water partition coefficient (Wildman–Crippen LogP) is 1.96. The zero-order valence-electron chi connectivity index (χ0n) is 15.0. The van der Waals surface area contributed by atoms with E-state index < -0.39 is 0 Å². The molecule has 2 aromatic heterocycles. The second-order valence-electron chi connectivity index (χ2n) is 6.56. The fourth-order valence-corrected chi connectivity index (χ4v) is 2.01. The van der Waals surface area contributed by atoms with E-state index in [4.69, 9.17) is 8.94 Å². The third-order valence-corrected chi connectivity index (χ3v) is 3.35. The Morgan fingerprint density at radius 3 is 2.62 bits per heavy atom. The van der Waals surface area contributed by atoms with Crippen LogP contribution in [0.4, 0.5) is 0 Å². The number of hydrogen-bond acceptors (Lipinski definition) is 6. The van der Waals surface area contributed by atoms with E-state index in [2.05, 4.69) is 51.5 Å². The first-order chi connectivity index (χ1) is 11.4. The van der Waals surface area contributed by atoms with Gasteiger partial charge in [-0.3, -0.25) is 4.99 Å². The maximum atomic E-state index is 5.74. The van der Waals surface area contributed by atoms with Gasteiger partial charge in [0.25, 0.3) is 0 Å². The lowest BCUT2D eigenvalue weighted by molar-refractivity contribution is 0.372. The smallest absolute Gasteiger partial charge is 0.226 e. The predicted molar refractivity (Wildman–Crippen MR) is 90.8 cm³/mol. The van der Waals surface area contributed by atoms with Gasteiger partial charge in [-0.2, -0.15) is 4.98 Å². The van der Waals surface area contributed by atoms with Crippen molar-refractivity contribution in [3.8, 4) is 0 Å². The lowest BCUT2D eigenvalue weighted by Crippen LogP contribution is -2.37. The number of nitrogens with zero attached hydrogens (tertiary/aromatic N) is 4. The third kappa shape index (κ3) is 5.36. The summed E-state index contributed by atoms with van der Waals surface area (Å²) in [5, 5.41) is 10.2. The Morgan fingerprint density at radius 1 is 1.25 bits per heavy atom. The van der Waals surface area contributed by atoms with Gasteiger partial charge in [0, 0.05) is 25.4 Å². The second kappa shape index (κ2) is 7.94. The Morgan fingerprint density at radius 2 is 2.04 bits per heavy atom. The Bertz CT molecular complexity index is 668. The summed E-state index contributed by atoms with van der Waals surface area (Å²) in [5.74, 6) is 3.54. The number of aryl methyl sites for hydroxylation is 2. The summed E-state index contributed by atoms with van der Waals surface area (Å²) in [6.45, 7) is 9.32. The monoisotopic (exact) mass is 334 g/mol. The van der Waals surface area contributed by atoms with E-state index in [0.29, 0.717) is 30.1 Å². The summed E-state index contributed by atoms with van der Waals surface area (Å²) in [5.41, 5.74) is -0.0434. The summed E-state index contributed by atoms with van der Waals surface area (Å²) in [6, 6.07) is 0. The lowest BCUT2D eigenvalue weighted by Gasteiger charge is -2.13. The highest BCUT2D eigenvalue weighted by Crippen LogP contribution is 2.22. The fourth-order valence-electron chi connectivity index (χ4n) is 2.01. The third-order valence-electron chi connectivity index (χ3n) is 3.35. The van der Waals surface area contributed by atoms with Crippen LogP contribution < -0.4 is 10.6 Å². The minimum atomic E-state index is -0.0434. The SMILES string of the molecule is CN=C(NCCCc1nc(C)no1)NCc1ncc(C(C)(C)C)o1. The first-order valence-electron chi connectivity index (χ1n) is 8.07. The van der Waals surface area contributed by atoms with Crippen molar-refractivity contribution >= 4 is 5.96 Å². The van der Waals surface area contributed by atoms with Crippen molar-refractivity contribution in [1.29, 1.82) is 0 Å². The maximum Gasteiger partial charge on any atom is 0.226 e. The van der Waals surface area contributed by atoms with Gasteiger partial charge in [0.2, 0.25) is 11.8 Å². The molecule has 0 saturated carbocycles. The van der Waals surface area contributed by atoms with Crippen molar-refractivity contribution in [3.05, 3.63) is 29.6 Å². The summed E-state index contributed by atoms with van der Waals surface area (Å²) < 4.78 is 10.8. The van der Waals surface area contributed by atoms with Gasteiger partial charge >= 0.3 is 0 Å². The van der Waals surface area contributed by atoms with Gasteiger partial charge < -0.3 is 19.6 Å². The molecule has 0 aromatic carbocycles. The normalized spacial score (nSPS) is 12.5. The quantitative estimate of drug-likeness (QED) is 0.473. The zero-order valence-corrected chi connectivity index (χ0v) is 15.0. The van der Waals surface area contributed by atoms with Crippen LogP contribution in [0.15, 0.2) is 20.1 Å². The molecule has 0 aliphatic carbocycles. The fraction of sp³-hybridized carbons (Fsp3) is 0.625. The minimum absolute atomic E-state index is 0.0434. The van der Waals surface area contributed by atoms with Crippen molar-refractivity contribution in [2.45, 2.75) is 52.5 Å². The van der Waals surface area contributed by atoms with E-state index in [1.165, 1.54) is 0 Å². The van der Waals surface area contributed by atoms with E-state index in [1.54, 1.807) is 13.2 Å². The molecule has 132 valence electrons. The van der Waals surface area contributed by atoms with E-state index in [1.807, 2.05) is 6.92 Å². The highest BCUT2D eigenvalue weighted by atomic mass is 16.5. The van der Waals surface area contributed by atoms with Gasteiger partial charge in [0.05, 0.1) is 12.7 Å². The van der Waals surface area contributed by atoms with Crippen LogP contribution in [0.1, 0.15) is 50.6 Å². The van der Waals surface area contributed by atoms with Gasteiger partial charge in [-0.1, -0.05) is 25.9 Å². The summed E-state index contributed by atoms with van der Waals surface area (Å²) in [4.78, 5) is 12.6. The molecule has 24 heavy (non-hydrogen) atoms. The largest absolute Gasteiger partial charge is 0.443 e. The molecule has 0 radical (unpaired) electrons. The van der Waals surface area contributed by atoms with Crippen LogP contribution >= 0.6 is 0 Å². The van der Waals surface area contributed by atoms with Crippen LogP contribution in [0.5, 0.6) is 0 Å². The molecule has 8 heteroatoms. The molecule has 0 aliphatic heterocycles. The van der Waals surface area contributed by atoms with Crippen molar-refractivity contribution in [2.24, 2.45) is 4.99 Å². The highest BCUT2D eigenvalue weighted by Gasteiger charge is 2.19. The van der Waals surface area contributed by atoms with Crippen molar-refractivity contribution in [1.82, 2.24) is 25.8 Å². The molecule has 0 aliphatic rings. The molecule has 8 nitrogen and oxygen atoms in total. The Kier molecular flexibility index (Phi) is 5.94. The molecule has 2 rings (SSSR count). The molecule has 0 bridgehead atoms. The summed E-state index contributed by atoms with van der Waals surface area (Å²) in [7, 11) is 1.73. The molecule has 2 N–H and O–H groups in total. The molecule has 2 aromatic rings. The molecule has 0 unspecified atom stereocenters. The molecule has 0 atom stereocenters. The number of oxazole rings is 1. The summed E-state index contributed by atoms with van der Waals surface area (Å²) in [6.07, 6.45) is 3.38. The van der Waals surface area contributed by atoms with E-state index in [-0.39, 0.29) is 5.41 Å². The molecule has 2 heterocycles.